The fourth-order valence-electron chi connectivity index (χ4n) is 1.73. The molecule has 3 nitrogen and oxygen atoms in total. The third-order valence-electron chi connectivity index (χ3n) is 2.59. The molecule has 2 aromatic rings. The van der Waals surface area contributed by atoms with Gasteiger partial charge >= 0.3 is 0 Å². The van der Waals surface area contributed by atoms with E-state index in [4.69, 9.17) is 0 Å². The van der Waals surface area contributed by atoms with Gasteiger partial charge in [-0.3, -0.25) is 0 Å². The first kappa shape index (κ1) is 13.0. The van der Waals surface area contributed by atoms with Crippen LogP contribution in [-0.2, 0) is 6.54 Å². The number of thiazole rings is 1. The van der Waals surface area contributed by atoms with E-state index in [1.54, 1.807) is 23.6 Å². The number of benzene rings is 1. The number of hydrogen-bond acceptors (Lipinski definition) is 4. The summed E-state index contributed by atoms with van der Waals surface area (Å²) in [4.78, 5) is 4.25. The number of aromatic nitrogens is 1. The van der Waals surface area contributed by atoms with Gasteiger partial charge in [0, 0.05) is 36.7 Å². The Hall–Kier alpha value is -1.46. The number of rotatable bonds is 5. The highest BCUT2D eigenvalue weighted by atomic mass is 32.1. The van der Waals surface area contributed by atoms with Crippen molar-refractivity contribution in [2.75, 3.05) is 6.54 Å². The fourth-order valence-corrected chi connectivity index (χ4v) is 2.43. The van der Waals surface area contributed by atoms with Gasteiger partial charge in [0.25, 0.3) is 0 Å². The van der Waals surface area contributed by atoms with Gasteiger partial charge in [0.2, 0.25) is 0 Å². The van der Waals surface area contributed by atoms with E-state index in [9.17, 15) is 9.50 Å². The lowest BCUT2D eigenvalue weighted by molar-refractivity contribution is 0.467. The molecule has 0 aliphatic heterocycles. The summed E-state index contributed by atoms with van der Waals surface area (Å²) < 4.78 is 13.0. The van der Waals surface area contributed by atoms with Crippen LogP contribution in [0.25, 0.3) is 0 Å². The molecule has 2 rings (SSSR count). The highest BCUT2D eigenvalue weighted by Gasteiger charge is 2.07. The van der Waals surface area contributed by atoms with Crippen molar-refractivity contribution < 1.29 is 9.50 Å². The lowest BCUT2D eigenvalue weighted by Gasteiger charge is -2.10. The molecule has 96 valence electrons. The Kier molecular flexibility index (Phi) is 4.28. The van der Waals surface area contributed by atoms with E-state index < -0.39 is 5.82 Å². The molecule has 0 aliphatic rings. The molecule has 0 bridgehead atoms. The van der Waals surface area contributed by atoms with Gasteiger partial charge in [-0.2, -0.15) is 0 Å². The number of hydrogen-bond donors (Lipinski definition) is 2. The predicted octanol–water partition coefficient (Wildman–Crippen LogP) is 2.88. The van der Waals surface area contributed by atoms with Gasteiger partial charge in [-0.15, -0.1) is 11.3 Å². The molecule has 0 aliphatic carbocycles. The molecule has 1 heterocycles. The smallest absolute Gasteiger partial charge is 0.127 e. The molecular formula is C13H15FN2OS. The summed E-state index contributed by atoms with van der Waals surface area (Å²) in [6.45, 7) is 3.39. The fraction of sp³-hybridized carbons (Fsp3) is 0.308. The molecular weight excluding hydrogens is 251 g/mol. The van der Waals surface area contributed by atoms with Crippen LogP contribution < -0.4 is 5.32 Å². The lowest BCUT2D eigenvalue weighted by Crippen LogP contribution is -2.19. The molecule has 0 fully saturated rings. The maximum absolute atomic E-state index is 13.0. The Labute approximate surface area is 109 Å². The monoisotopic (exact) mass is 266 g/mol. The van der Waals surface area contributed by atoms with Gasteiger partial charge in [0.05, 0.1) is 5.01 Å². The topological polar surface area (TPSA) is 45.1 Å². The number of nitrogens with one attached hydrogen (secondary N) is 1. The summed E-state index contributed by atoms with van der Waals surface area (Å²) in [6.07, 6.45) is 1.79. The molecule has 1 aromatic heterocycles. The van der Waals surface area contributed by atoms with Crippen LogP contribution in [0.5, 0.6) is 5.75 Å². The molecule has 1 aromatic carbocycles. The molecule has 1 unspecified atom stereocenters. The van der Waals surface area contributed by atoms with Crippen LogP contribution in [0.15, 0.2) is 29.8 Å². The van der Waals surface area contributed by atoms with Crippen molar-refractivity contribution >= 4 is 11.3 Å². The summed E-state index contributed by atoms with van der Waals surface area (Å²) in [5.41, 5.74) is 0.735. The standard InChI is InChI=1S/C13H15FN2OS/c1-9(13-16-2-3-18-13)7-15-8-10-4-11(14)6-12(17)5-10/h2-6,9,15,17H,7-8H2,1H3. The highest BCUT2D eigenvalue weighted by molar-refractivity contribution is 7.09. The minimum atomic E-state index is -0.417. The second-order valence-corrected chi connectivity index (χ2v) is 5.15. The van der Waals surface area contributed by atoms with E-state index in [-0.39, 0.29) is 5.75 Å². The quantitative estimate of drug-likeness (QED) is 0.874. The van der Waals surface area contributed by atoms with Crippen molar-refractivity contribution in [3.8, 4) is 5.75 Å². The minimum Gasteiger partial charge on any atom is -0.508 e. The van der Waals surface area contributed by atoms with E-state index in [1.807, 2.05) is 5.38 Å². The van der Waals surface area contributed by atoms with Crippen LogP contribution >= 0.6 is 11.3 Å². The number of aromatic hydroxyl groups is 1. The normalized spacial score (nSPS) is 12.6. The van der Waals surface area contributed by atoms with Crippen molar-refractivity contribution in [3.05, 3.63) is 46.2 Å². The SMILES string of the molecule is CC(CNCc1cc(O)cc(F)c1)c1nccs1. The molecule has 0 saturated carbocycles. The molecule has 0 radical (unpaired) electrons. The van der Waals surface area contributed by atoms with Crippen molar-refractivity contribution in [2.45, 2.75) is 19.4 Å². The first-order valence-electron chi connectivity index (χ1n) is 5.73. The van der Waals surface area contributed by atoms with Gasteiger partial charge in [-0.05, 0) is 17.7 Å². The summed E-state index contributed by atoms with van der Waals surface area (Å²) in [5, 5.41) is 15.6. The average Bonchev–Trinajstić information content (AvgIpc) is 2.80. The van der Waals surface area contributed by atoms with Gasteiger partial charge in [0.15, 0.2) is 0 Å². The van der Waals surface area contributed by atoms with Crippen LogP contribution in [0, 0.1) is 5.82 Å². The molecule has 0 saturated heterocycles. The zero-order valence-electron chi connectivity index (χ0n) is 10.1. The number of nitrogens with zero attached hydrogens (tertiary/aromatic N) is 1. The van der Waals surface area contributed by atoms with E-state index >= 15 is 0 Å². The van der Waals surface area contributed by atoms with Crippen LogP contribution in [0.1, 0.15) is 23.4 Å². The Morgan fingerprint density at radius 1 is 1.44 bits per heavy atom. The van der Waals surface area contributed by atoms with E-state index in [0.717, 1.165) is 23.2 Å². The van der Waals surface area contributed by atoms with Crippen LogP contribution in [0.2, 0.25) is 0 Å². The van der Waals surface area contributed by atoms with Gasteiger partial charge in [-0.25, -0.2) is 9.37 Å². The summed E-state index contributed by atoms with van der Waals surface area (Å²) in [5.74, 6) is -0.133. The maximum atomic E-state index is 13.0. The summed E-state index contributed by atoms with van der Waals surface area (Å²) >= 11 is 1.63. The summed E-state index contributed by atoms with van der Waals surface area (Å²) in [6, 6.07) is 4.08. The zero-order chi connectivity index (χ0) is 13.0. The predicted molar refractivity (Wildman–Crippen MR) is 70.3 cm³/mol. The molecule has 18 heavy (non-hydrogen) atoms. The van der Waals surface area contributed by atoms with Crippen LogP contribution in [0.3, 0.4) is 0 Å². The number of halogens is 1. The maximum Gasteiger partial charge on any atom is 0.127 e. The second kappa shape index (κ2) is 5.93. The van der Waals surface area contributed by atoms with Crippen LogP contribution in [-0.4, -0.2) is 16.6 Å². The Bertz CT molecular complexity index is 481. The van der Waals surface area contributed by atoms with Crippen molar-refractivity contribution in [3.63, 3.8) is 0 Å². The van der Waals surface area contributed by atoms with E-state index in [0.29, 0.717) is 12.5 Å². The average molecular weight is 266 g/mol. The van der Waals surface area contributed by atoms with Crippen molar-refractivity contribution in [2.24, 2.45) is 0 Å². The molecule has 0 amide bonds. The Balaban J connectivity index is 1.85. The van der Waals surface area contributed by atoms with Gasteiger partial charge in [-0.1, -0.05) is 6.92 Å². The van der Waals surface area contributed by atoms with Gasteiger partial charge < -0.3 is 10.4 Å². The molecule has 1 atom stereocenters. The first-order valence-corrected chi connectivity index (χ1v) is 6.61. The largest absolute Gasteiger partial charge is 0.508 e. The Morgan fingerprint density at radius 2 is 2.28 bits per heavy atom. The zero-order valence-corrected chi connectivity index (χ0v) is 10.9. The third-order valence-corrected chi connectivity index (χ3v) is 3.60. The lowest BCUT2D eigenvalue weighted by atomic mass is 10.1. The number of phenolic OH excluding ortho intramolecular Hbond substituents is 1. The van der Waals surface area contributed by atoms with Crippen molar-refractivity contribution in [1.82, 2.24) is 10.3 Å². The van der Waals surface area contributed by atoms with E-state index in [2.05, 4.69) is 17.2 Å². The molecule has 5 heteroatoms. The first-order chi connectivity index (χ1) is 8.65. The minimum absolute atomic E-state index is 0.0419. The van der Waals surface area contributed by atoms with Crippen LogP contribution in [0.4, 0.5) is 4.39 Å². The highest BCUT2D eigenvalue weighted by Crippen LogP contribution is 2.17. The van der Waals surface area contributed by atoms with Crippen molar-refractivity contribution in [1.29, 1.82) is 0 Å². The second-order valence-electron chi connectivity index (χ2n) is 4.22. The number of phenols is 1. The molecule has 2 N–H and O–H groups in total. The summed E-state index contributed by atoms with van der Waals surface area (Å²) in [7, 11) is 0. The third kappa shape index (κ3) is 3.51. The Morgan fingerprint density at radius 3 is 2.94 bits per heavy atom. The molecule has 0 spiro atoms. The van der Waals surface area contributed by atoms with Gasteiger partial charge in [0.1, 0.15) is 11.6 Å². The van der Waals surface area contributed by atoms with E-state index in [1.165, 1.54) is 6.07 Å².